The maximum Gasteiger partial charge on any atom is 0.346 e. The smallest absolute Gasteiger partial charge is 0.346 e. The Kier molecular flexibility index (Phi) is 8.86. The number of nitrogens with two attached hydrogens (primary N) is 1. The van der Waals surface area contributed by atoms with Gasteiger partial charge in [-0.2, -0.15) is 12.6 Å². The number of carbonyl (C=O) groups is 2. The zero-order valence-corrected chi connectivity index (χ0v) is 20.7. The number of ether oxygens (including phenoxy) is 1. The number of nitrogens with zero attached hydrogens (tertiary/aromatic N) is 1. The Morgan fingerprint density at radius 3 is 1.90 bits per heavy atom. The highest BCUT2D eigenvalue weighted by Gasteiger charge is 2.48. The van der Waals surface area contributed by atoms with E-state index < -0.39 is 45.8 Å². The van der Waals surface area contributed by atoms with E-state index in [0.29, 0.717) is 5.54 Å². The predicted molar refractivity (Wildman–Crippen MR) is 122 cm³/mol. The van der Waals surface area contributed by atoms with Crippen LogP contribution in [0.15, 0.2) is 0 Å². The molecular formula is C21H38N2O6S2. The normalized spacial score (nSPS) is 31.2. The first kappa shape index (κ1) is 26.4. The van der Waals surface area contributed by atoms with Gasteiger partial charge < -0.3 is 15.6 Å². The number of rotatable bonds is 8. The van der Waals surface area contributed by atoms with Gasteiger partial charge in [-0.15, -0.1) is 0 Å². The summed E-state index contributed by atoms with van der Waals surface area (Å²) in [5.41, 5.74) is 6.62. The van der Waals surface area contributed by atoms with Crippen LogP contribution in [0, 0.1) is 23.7 Å². The van der Waals surface area contributed by atoms with Crippen LogP contribution in [-0.2, 0) is 24.3 Å². The Bertz CT molecular complexity index is 720. The summed E-state index contributed by atoms with van der Waals surface area (Å²) in [5, 5.41) is 8.33. The number of hydrogen-bond donors (Lipinski definition) is 3. The van der Waals surface area contributed by atoms with Crippen molar-refractivity contribution in [2.45, 2.75) is 76.2 Å². The lowest BCUT2D eigenvalue weighted by Crippen LogP contribution is -2.55. The highest BCUT2D eigenvalue weighted by Crippen LogP contribution is 2.54. The lowest BCUT2D eigenvalue weighted by atomic mass is 9.53. The van der Waals surface area contributed by atoms with Gasteiger partial charge in [-0.25, -0.2) is 17.5 Å². The van der Waals surface area contributed by atoms with Gasteiger partial charge in [0.05, 0.1) is 17.7 Å². The van der Waals surface area contributed by atoms with Crippen LogP contribution in [0.1, 0.15) is 59.3 Å². The molecule has 31 heavy (non-hydrogen) atoms. The van der Waals surface area contributed by atoms with Crippen LogP contribution < -0.4 is 5.73 Å². The van der Waals surface area contributed by atoms with E-state index in [1.807, 2.05) is 0 Å². The number of thiol groups is 1. The second-order valence-electron chi connectivity index (χ2n) is 10.0. The van der Waals surface area contributed by atoms with Crippen molar-refractivity contribution in [3.63, 3.8) is 0 Å². The molecule has 180 valence electrons. The summed E-state index contributed by atoms with van der Waals surface area (Å²) in [7, 11) is -2.35. The zero-order valence-electron chi connectivity index (χ0n) is 19.0. The summed E-state index contributed by atoms with van der Waals surface area (Å²) in [6, 6.07) is 0. The molecule has 8 nitrogen and oxygen atoms in total. The van der Waals surface area contributed by atoms with Crippen LogP contribution >= 0.6 is 12.6 Å². The molecule has 4 aliphatic rings. The van der Waals surface area contributed by atoms with E-state index in [1.54, 1.807) is 6.92 Å². The number of hydrogen-bond acceptors (Lipinski definition) is 7. The molecule has 3 N–H and O–H groups in total. The molecule has 4 saturated carbocycles. The first-order valence-corrected chi connectivity index (χ1v) is 13.2. The average molecular weight is 479 g/mol. The van der Waals surface area contributed by atoms with Gasteiger partial charge >= 0.3 is 11.9 Å². The lowest BCUT2D eigenvalue weighted by molar-refractivity contribution is -0.166. The molecule has 0 radical (unpaired) electrons. The van der Waals surface area contributed by atoms with Gasteiger partial charge in [0, 0.05) is 18.3 Å². The summed E-state index contributed by atoms with van der Waals surface area (Å²) in [4.78, 5) is 22.6. The molecule has 1 unspecified atom stereocenters. The summed E-state index contributed by atoms with van der Waals surface area (Å²) in [6.07, 6.45) is 7.03. The molecule has 0 saturated heterocycles. The minimum Gasteiger partial charge on any atom is -0.478 e. The van der Waals surface area contributed by atoms with Crippen LogP contribution in [0.3, 0.4) is 0 Å². The van der Waals surface area contributed by atoms with Crippen molar-refractivity contribution in [3.8, 4) is 0 Å². The first-order chi connectivity index (χ1) is 14.3. The van der Waals surface area contributed by atoms with Gasteiger partial charge in [-0.3, -0.25) is 4.79 Å². The van der Waals surface area contributed by atoms with Gasteiger partial charge in [0.1, 0.15) is 0 Å². The van der Waals surface area contributed by atoms with Crippen LogP contribution in [0.25, 0.3) is 0 Å². The van der Waals surface area contributed by atoms with Gasteiger partial charge in [-0.1, -0.05) is 6.92 Å². The fourth-order valence-corrected chi connectivity index (χ4v) is 6.58. The number of carbonyl (C=O) groups excluding carboxylic acids is 1. The number of carboxylic acid groups (broad SMARTS) is 1. The highest BCUT2D eigenvalue weighted by atomic mass is 32.2. The van der Waals surface area contributed by atoms with Gasteiger partial charge in [0.15, 0.2) is 0 Å². The summed E-state index contributed by atoms with van der Waals surface area (Å²) in [5.74, 6) is 0.597. The van der Waals surface area contributed by atoms with Crippen LogP contribution in [0.5, 0.6) is 0 Å². The summed E-state index contributed by atoms with van der Waals surface area (Å²) in [6.45, 7) is 4.08. The molecule has 10 heteroatoms. The summed E-state index contributed by atoms with van der Waals surface area (Å²) < 4.78 is 29.4. The molecule has 2 atom stereocenters. The Morgan fingerprint density at radius 2 is 1.58 bits per heavy atom. The van der Waals surface area contributed by atoms with Gasteiger partial charge in [0.25, 0.3) is 0 Å². The average Bonchev–Trinajstić information content (AvgIpc) is 2.64. The van der Waals surface area contributed by atoms with Crippen LogP contribution in [0.2, 0.25) is 0 Å². The molecule has 4 rings (SSSR count). The number of aliphatic carboxylic acids is 1. The fraction of sp³-hybridized carbons (Fsp3) is 0.905. The summed E-state index contributed by atoms with van der Waals surface area (Å²) >= 11 is 3.92. The van der Waals surface area contributed by atoms with Crippen molar-refractivity contribution in [2.75, 3.05) is 19.3 Å². The Hall–Kier alpha value is -0.840. The fourth-order valence-electron chi connectivity index (χ4n) is 5.37. The molecule has 0 aromatic carbocycles. The van der Waals surface area contributed by atoms with E-state index >= 15 is 0 Å². The number of esters is 1. The topological polar surface area (TPSA) is 127 Å². The molecule has 0 heterocycles. The van der Waals surface area contributed by atoms with Crippen molar-refractivity contribution in [2.24, 2.45) is 29.4 Å². The standard InChI is InChI=1S/C11H21NO6S2.C10H17N/c1-7(2)20(16,17)12(4)5-9(10(13)14)18-11(15)8(3)6-19;11-10-4-7-1-8(5-10)3-9(2-7)6-10/h7-9,19H,5-6H2,1-4H3,(H,13,14);7-9H,1-6,11H2/t8-,9?;/m1./s1. The number of carboxylic acids is 1. The monoisotopic (exact) mass is 478 g/mol. The quantitative estimate of drug-likeness (QED) is 0.360. The van der Waals surface area contributed by atoms with E-state index in [1.165, 1.54) is 59.4 Å². The second-order valence-corrected chi connectivity index (χ2v) is 13.0. The molecule has 4 aliphatic carbocycles. The third kappa shape index (κ3) is 6.82. The van der Waals surface area contributed by atoms with E-state index in [2.05, 4.69) is 12.6 Å². The largest absolute Gasteiger partial charge is 0.478 e. The molecule has 0 amide bonds. The molecular weight excluding hydrogens is 440 g/mol. The molecule has 0 aliphatic heterocycles. The minimum atomic E-state index is -3.60. The van der Waals surface area contributed by atoms with E-state index in [4.69, 9.17) is 15.6 Å². The number of likely N-dealkylation sites (N-methyl/N-ethyl adjacent to an activating group) is 1. The van der Waals surface area contributed by atoms with E-state index in [0.717, 1.165) is 22.1 Å². The lowest BCUT2D eigenvalue weighted by Gasteiger charge is -2.55. The highest BCUT2D eigenvalue weighted by molar-refractivity contribution is 7.89. The Balaban J connectivity index is 0.000000254. The van der Waals surface area contributed by atoms with Crippen molar-refractivity contribution < 1.29 is 27.9 Å². The van der Waals surface area contributed by atoms with Crippen molar-refractivity contribution in [1.82, 2.24) is 4.31 Å². The Morgan fingerprint density at radius 1 is 1.13 bits per heavy atom. The first-order valence-electron chi connectivity index (χ1n) is 11.1. The molecule has 4 fully saturated rings. The van der Waals surface area contributed by atoms with Gasteiger partial charge in [0.2, 0.25) is 16.1 Å². The molecule has 0 aromatic rings. The third-order valence-corrected chi connectivity index (χ3v) is 9.51. The zero-order chi connectivity index (χ0) is 23.6. The van der Waals surface area contributed by atoms with Crippen LogP contribution in [-0.4, -0.2) is 66.0 Å². The van der Waals surface area contributed by atoms with E-state index in [-0.39, 0.29) is 5.75 Å². The third-order valence-electron chi connectivity index (χ3n) is 6.75. The molecule has 0 spiro atoms. The maximum atomic E-state index is 11.8. The van der Waals surface area contributed by atoms with E-state index in [9.17, 15) is 18.0 Å². The van der Waals surface area contributed by atoms with Crippen molar-refractivity contribution in [1.29, 1.82) is 0 Å². The SMILES string of the molecule is CC(C)S(=O)(=O)N(C)CC(OC(=O)[C@H](C)CS)C(=O)O.NC12CC3CC(CC(C3)C1)C2. The Labute approximate surface area is 191 Å². The van der Waals surface area contributed by atoms with Gasteiger partial charge in [-0.05, 0) is 70.1 Å². The molecule has 0 aromatic heterocycles. The minimum absolute atomic E-state index is 0.214. The van der Waals surface area contributed by atoms with Crippen molar-refractivity contribution in [3.05, 3.63) is 0 Å². The second kappa shape index (κ2) is 10.4. The maximum absolute atomic E-state index is 11.8. The van der Waals surface area contributed by atoms with Crippen molar-refractivity contribution >= 4 is 34.6 Å². The number of sulfonamides is 1. The predicted octanol–water partition coefficient (Wildman–Crippen LogP) is 2.13. The molecule has 4 bridgehead atoms. The van der Waals surface area contributed by atoms with Crippen LogP contribution in [0.4, 0.5) is 0 Å².